The second-order valence-electron chi connectivity index (χ2n) is 2.41. The zero-order valence-electron chi connectivity index (χ0n) is 6.96. The van der Waals surface area contributed by atoms with Crippen molar-refractivity contribution in [1.29, 1.82) is 0 Å². The van der Waals surface area contributed by atoms with Crippen molar-refractivity contribution in [2.45, 2.75) is 6.42 Å². The fourth-order valence-electron chi connectivity index (χ4n) is 0.952. The van der Waals surface area contributed by atoms with Crippen molar-refractivity contribution in [3.63, 3.8) is 0 Å². The van der Waals surface area contributed by atoms with E-state index in [0.29, 0.717) is 5.69 Å². The van der Waals surface area contributed by atoms with Gasteiger partial charge in [-0.3, -0.25) is 0 Å². The van der Waals surface area contributed by atoms with E-state index in [9.17, 15) is 4.79 Å². The Bertz CT molecular complexity index is 288. The number of H-pyrrole nitrogens is 1. The molecule has 3 nitrogen and oxygen atoms in total. The summed E-state index contributed by atoms with van der Waals surface area (Å²) in [5.41, 5.74) is 1.51. The van der Waals surface area contributed by atoms with Crippen LogP contribution in [0.2, 0.25) is 0 Å². The molecule has 0 unspecified atom stereocenters. The van der Waals surface area contributed by atoms with Gasteiger partial charge >= 0.3 is 5.97 Å². The van der Waals surface area contributed by atoms with Gasteiger partial charge in [-0.05, 0) is 18.1 Å². The van der Waals surface area contributed by atoms with E-state index in [1.165, 1.54) is 7.11 Å². The van der Waals surface area contributed by atoms with Crippen molar-refractivity contribution in [2.24, 2.45) is 0 Å². The summed E-state index contributed by atoms with van der Waals surface area (Å²) in [6.07, 6.45) is 4.31. The van der Waals surface area contributed by atoms with E-state index in [2.05, 4.69) is 16.3 Å². The van der Waals surface area contributed by atoms with Crippen LogP contribution >= 0.6 is 0 Å². The highest BCUT2D eigenvalue weighted by Gasteiger charge is 2.06. The van der Waals surface area contributed by atoms with Gasteiger partial charge in [-0.25, -0.2) is 4.79 Å². The summed E-state index contributed by atoms with van der Waals surface area (Å²) in [5, 5.41) is 0. The lowest BCUT2D eigenvalue weighted by molar-refractivity contribution is 0.0595. The summed E-state index contributed by atoms with van der Waals surface area (Å²) in [5.74, 6) is -0.342. The number of esters is 1. The summed E-state index contributed by atoms with van der Waals surface area (Å²) >= 11 is 0. The average Bonchev–Trinajstić information content (AvgIpc) is 2.52. The van der Waals surface area contributed by atoms with Gasteiger partial charge < -0.3 is 9.72 Å². The maximum atomic E-state index is 11.0. The topological polar surface area (TPSA) is 42.1 Å². The van der Waals surface area contributed by atoms with Gasteiger partial charge in [0.2, 0.25) is 0 Å². The zero-order valence-corrected chi connectivity index (χ0v) is 6.96. The molecule has 0 aliphatic rings. The Morgan fingerprint density at radius 1 is 1.83 bits per heavy atom. The number of nitrogens with one attached hydrogen (secondary N) is 1. The first-order valence-electron chi connectivity index (χ1n) is 3.64. The maximum Gasteiger partial charge on any atom is 0.354 e. The number of ether oxygens (including phenoxy) is 1. The number of hydrogen-bond acceptors (Lipinski definition) is 2. The highest BCUT2D eigenvalue weighted by Crippen LogP contribution is 2.05. The van der Waals surface area contributed by atoms with Crippen LogP contribution in [0.1, 0.15) is 16.1 Å². The number of carbonyl (C=O) groups is 1. The van der Waals surface area contributed by atoms with Crippen LogP contribution in [0.15, 0.2) is 24.9 Å². The van der Waals surface area contributed by atoms with E-state index in [1.54, 1.807) is 18.3 Å². The van der Waals surface area contributed by atoms with E-state index in [0.717, 1.165) is 12.0 Å². The molecule has 12 heavy (non-hydrogen) atoms. The molecule has 64 valence electrons. The van der Waals surface area contributed by atoms with Gasteiger partial charge in [-0.2, -0.15) is 0 Å². The largest absolute Gasteiger partial charge is 0.464 e. The van der Waals surface area contributed by atoms with Crippen LogP contribution in [0, 0.1) is 0 Å². The third-order valence-electron chi connectivity index (χ3n) is 1.53. The summed E-state index contributed by atoms with van der Waals surface area (Å²) in [7, 11) is 1.36. The molecule has 0 amide bonds. The Morgan fingerprint density at radius 3 is 3.17 bits per heavy atom. The van der Waals surface area contributed by atoms with E-state index in [1.807, 2.05) is 0 Å². The zero-order chi connectivity index (χ0) is 8.97. The van der Waals surface area contributed by atoms with Gasteiger partial charge in [-0.15, -0.1) is 6.58 Å². The first-order valence-corrected chi connectivity index (χ1v) is 3.64. The molecule has 0 radical (unpaired) electrons. The van der Waals surface area contributed by atoms with Crippen LogP contribution in [0.25, 0.3) is 0 Å². The maximum absolute atomic E-state index is 11.0. The normalized spacial score (nSPS) is 9.42. The minimum Gasteiger partial charge on any atom is -0.464 e. The van der Waals surface area contributed by atoms with Crippen molar-refractivity contribution >= 4 is 5.97 Å². The molecule has 1 N–H and O–H groups in total. The SMILES string of the molecule is C=CCc1c[nH]c(C(=O)OC)c1. The minimum absolute atomic E-state index is 0.342. The highest BCUT2D eigenvalue weighted by atomic mass is 16.5. The Morgan fingerprint density at radius 2 is 2.58 bits per heavy atom. The van der Waals surface area contributed by atoms with Crippen molar-refractivity contribution in [2.75, 3.05) is 7.11 Å². The molecule has 1 rings (SSSR count). The molecule has 0 aliphatic carbocycles. The van der Waals surface area contributed by atoms with Crippen molar-refractivity contribution in [1.82, 2.24) is 4.98 Å². The Labute approximate surface area is 71.1 Å². The molecule has 0 aromatic carbocycles. The van der Waals surface area contributed by atoms with Gasteiger partial charge in [0.05, 0.1) is 7.11 Å². The third-order valence-corrected chi connectivity index (χ3v) is 1.53. The predicted molar refractivity (Wildman–Crippen MR) is 46.0 cm³/mol. The third kappa shape index (κ3) is 1.75. The molecule has 0 spiro atoms. The van der Waals surface area contributed by atoms with Gasteiger partial charge in [0, 0.05) is 6.20 Å². The summed E-state index contributed by atoms with van der Waals surface area (Å²) in [6, 6.07) is 1.76. The molecule has 1 aromatic heterocycles. The Hall–Kier alpha value is -1.51. The number of aromatic amines is 1. The van der Waals surface area contributed by atoms with E-state index < -0.39 is 0 Å². The van der Waals surface area contributed by atoms with Gasteiger partial charge in [-0.1, -0.05) is 6.08 Å². The van der Waals surface area contributed by atoms with E-state index in [-0.39, 0.29) is 5.97 Å². The monoisotopic (exact) mass is 165 g/mol. The number of methoxy groups -OCH3 is 1. The molecule has 1 aromatic rings. The van der Waals surface area contributed by atoms with Crippen LogP contribution < -0.4 is 0 Å². The van der Waals surface area contributed by atoms with Crippen LogP contribution in [-0.4, -0.2) is 18.1 Å². The number of hydrogen-bond donors (Lipinski definition) is 1. The quantitative estimate of drug-likeness (QED) is 0.545. The van der Waals surface area contributed by atoms with Crippen molar-refractivity contribution in [3.05, 3.63) is 36.2 Å². The summed E-state index contributed by atoms with van der Waals surface area (Å²) in [4.78, 5) is 13.8. The molecular weight excluding hydrogens is 154 g/mol. The standard InChI is InChI=1S/C9H11NO2/c1-3-4-7-5-8(10-6-7)9(11)12-2/h3,5-6,10H,1,4H2,2H3. The molecule has 0 fully saturated rings. The van der Waals surface area contributed by atoms with Crippen LogP contribution in [0.5, 0.6) is 0 Å². The van der Waals surface area contributed by atoms with Crippen LogP contribution in [0.3, 0.4) is 0 Å². The summed E-state index contributed by atoms with van der Waals surface area (Å²) < 4.78 is 4.53. The molecular formula is C9H11NO2. The lowest BCUT2D eigenvalue weighted by Gasteiger charge is -1.91. The molecule has 1 heterocycles. The second kappa shape index (κ2) is 3.76. The number of allylic oxidation sites excluding steroid dienone is 1. The molecule has 0 aliphatic heterocycles. The molecule has 3 heteroatoms. The number of aromatic nitrogens is 1. The number of carbonyl (C=O) groups excluding carboxylic acids is 1. The summed E-state index contributed by atoms with van der Waals surface area (Å²) in [6.45, 7) is 3.60. The fraction of sp³-hybridized carbons (Fsp3) is 0.222. The smallest absolute Gasteiger partial charge is 0.354 e. The van der Waals surface area contributed by atoms with Crippen molar-refractivity contribution in [3.8, 4) is 0 Å². The van der Waals surface area contributed by atoms with Crippen LogP contribution in [-0.2, 0) is 11.2 Å². The van der Waals surface area contributed by atoms with Crippen LogP contribution in [0.4, 0.5) is 0 Å². The predicted octanol–water partition coefficient (Wildman–Crippen LogP) is 1.53. The lowest BCUT2D eigenvalue weighted by Crippen LogP contribution is -2.00. The highest BCUT2D eigenvalue weighted by molar-refractivity contribution is 5.87. The first-order chi connectivity index (χ1) is 5.77. The lowest BCUT2D eigenvalue weighted by atomic mass is 10.2. The average molecular weight is 165 g/mol. The Balaban J connectivity index is 2.76. The van der Waals surface area contributed by atoms with E-state index >= 15 is 0 Å². The second-order valence-corrected chi connectivity index (χ2v) is 2.41. The number of rotatable bonds is 3. The molecule has 0 bridgehead atoms. The van der Waals surface area contributed by atoms with Crippen molar-refractivity contribution < 1.29 is 9.53 Å². The van der Waals surface area contributed by atoms with Gasteiger partial charge in [0.15, 0.2) is 0 Å². The molecule has 0 saturated heterocycles. The molecule has 0 saturated carbocycles. The Kier molecular flexibility index (Phi) is 2.69. The fourth-order valence-corrected chi connectivity index (χ4v) is 0.952. The van der Waals surface area contributed by atoms with Gasteiger partial charge in [0.1, 0.15) is 5.69 Å². The van der Waals surface area contributed by atoms with E-state index in [4.69, 9.17) is 0 Å². The first kappa shape index (κ1) is 8.59. The van der Waals surface area contributed by atoms with Gasteiger partial charge in [0.25, 0.3) is 0 Å². The molecule has 0 atom stereocenters. The minimum atomic E-state index is -0.342.